The van der Waals surface area contributed by atoms with Gasteiger partial charge in [-0.3, -0.25) is 4.99 Å². The third-order valence-corrected chi connectivity index (χ3v) is 5.11. The van der Waals surface area contributed by atoms with Gasteiger partial charge >= 0.3 is 0 Å². The number of halogens is 1. The van der Waals surface area contributed by atoms with Crippen LogP contribution in [0.4, 0.5) is 0 Å². The maximum Gasteiger partial charge on any atom is 0.193 e. The lowest BCUT2D eigenvalue weighted by molar-refractivity contribution is 0.121. The van der Waals surface area contributed by atoms with Crippen LogP contribution in [0.25, 0.3) is 0 Å². The molecule has 1 aromatic rings. The normalized spacial score (nSPS) is 15.8. The first-order valence-corrected chi connectivity index (χ1v) is 10.0. The maximum absolute atomic E-state index is 5.48. The van der Waals surface area contributed by atoms with Crippen molar-refractivity contribution in [1.82, 2.24) is 15.1 Å². The molecule has 160 valence electrons. The molecule has 0 aromatic heterocycles. The molecule has 1 aliphatic heterocycles. The molecule has 28 heavy (non-hydrogen) atoms. The summed E-state index contributed by atoms with van der Waals surface area (Å²) in [5, 5.41) is 3.42. The second-order valence-corrected chi connectivity index (χ2v) is 7.14. The summed E-state index contributed by atoms with van der Waals surface area (Å²) >= 11 is 0. The molecule has 6 nitrogen and oxygen atoms in total. The van der Waals surface area contributed by atoms with Crippen molar-refractivity contribution in [2.24, 2.45) is 10.9 Å². The number of methoxy groups -OCH3 is 2. The van der Waals surface area contributed by atoms with E-state index in [1.807, 2.05) is 18.2 Å². The fraction of sp³-hybridized carbons (Fsp3) is 0.667. The second-order valence-electron chi connectivity index (χ2n) is 7.14. The summed E-state index contributed by atoms with van der Waals surface area (Å²) in [5.74, 6) is 2.55. The zero-order valence-electron chi connectivity index (χ0n) is 17.8. The SMILES string of the molecule is CCNC(=NCC1CCN(CCOC)CC1)N(C)Cc1ccccc1OC.I. The van der Waals surface area contributed by atoms with Gasteiger partial charge in [0.15, 0.2) is 5.96 Å². The number of rotatable bonds is 9. The van der Waals surface area contributed by atoms with Crippen molar-refractivity contribution < 1.29 is 9.47 Å². The molecule has 1 fully saturated rings. The number of nitrogens with zero attached hydrogens (tertiary/aromatic N) is 3. The monoisotopic (exact) mass is 504 g/mol. The fourth-order valence-corrected chi connectivity index (χ4v) is 3.46. The minimum atomic E-state index is 0. The first-order valence-electron chi connectivity index (χ1n) is 10.0. The first-order chi connectivity index (χ1) is 13.2. The number of guanidine groups is 1. The van der Waals surface area contributed by atoms with E-state index in [-0.39, 0.29) is 24.0 Å². The molecule has 0 radical (unpaired) electrons. The highest BCUT2D eigenvalue weighted by Gasteiger charge is 2.19. The molecular formula is C21H37IN4O2. The van der Waals surface area contributed by atoms with Crippen molar-refractivity contribution in [3.05, 3.63) is 29.8 Å². The van der Waals surface area contributed by atoms with E-state index in [1.165, 1.54) is 18.4 Å². The minimum absolute atomic E-state index is 0. The molecule has 0 bridgehead atoms. The molecule has 1 aliphatic rings. The van der Waals surface area contributed by atoms with Crippen LogP contribution in [0.3, 0.4) is 0 Å². The largest absolute Gasteiger partial charge is 0.496 e. The highest BCUT2D eigenvalue weighted by molar-refractivity contribution is 14.0. The van der Waals surface area contributed by atoms with Gasteiger partial charge < -0.3 is 24.6 Å². The highest BCUT2D eigenvalue weighted by Crippen LogP contribution is 2.20. The van der Waals surface area contributed by atoms with Crippen LogP contribution in [0.1, 0.15) is 25.3 Å². The Kier molecular flexibility index (Phi) is 12.5. The summed E-state index contributed by atoms with van der Waals surface area (Å²) in [7, 11) is 5.57. The molecule has 7 heteroatoms. The average molecular weight is 504 g/mol. The number of para-hydroxylation sites is 1. The molecule has 0 spiro atoms. The van der Waals surface area contributed by atoms with E-state index >= 15 is 0 Å². The minimum Gasteiger partial charge on any atom is -0.496 e. The highest BCUT2D eigenvalue weighted by atomic mass is 127. The van der Waals surface area contributed by atoms with Gasteiger partial charge in [0.25, 0.3) is 0 Å². The molecule has 2 rings (SSSR count). The second kappa shape index (κ2) is 14.0. The van der Waals surface area contributed by atoms with Crippen LogP contribution < -0.4 is 10.1 Å². The van der Waals surface area contributed by atoms with E-state index in [1.54, 1.807) is 14.2 Å². The molecule has 0 amide bonds. The van der Waals surface area contributed by atoms with Gasteiger partial charge in [-0.05, 0) is 44.8 Å². The van der Waals surface area contributed by atoms with Crippen molar-refractivity contribution in [2.45, 2.75) is 26.3 Å². The third-order valence-electron chi connectivity index (χ3n) is 5.11. The Morgan fingerprint density at radius 3 is 2.61 bits per heavy atom. The lowest BCUT2D eigenvalue weighted by Gasteiger charge is -2.31. The number of likely N-dealkylation sites (tertiary alicyclic amines) is 1. The molecule has 1 N–H and O–H groups in total. The van der Waals surface area contributed by atoms with Crippen molar-refractivity contribution in [3.8, 4) is 5.75 Å². The number of hydrogen-bond donors (Lipinski definition) is 1. The van der Waals surface area contributed by atoms with E-state index in [0.717, 1.165) is 57.6 Å². The Morgan fingerprint density at radius 2 is 1.96 bits per heavy atom. The van der Waals surface area contributed by atoms with Crippen molar-refractivity contribution >= 4 is 29.9 Å². The maximum atomic E-state index is 5.48. The Bertz CT molecular complexity index is 577. The predicted octanol–water partition coefficient (Wildman–Crippen LogP) is 3.07. The predicted molar refractivity (Wildman–Crippen MR) is 127 cm³/mol. The summed E-state index contributed by atoms with van der Waals surface area (Å²) in [6.07, 6.45) is 2.42. The number of nitrogens with one attached hydrogen (secondary N) is 1. The van der Waals surface area contributed by atoms with Gasteiger partial charge in [0.05, 0.1) is 13.7 Å². The van der Waals surface area contributed by atoms with Gasteiger partial charge in [-0.1, -0.05) is 18.2 Å². The van der Waals surface area contributed by atoms with Gasteiger partial charge in [-0.15, -0.1) is 24.0 Å². The van der Waals surface area contributed by atoms with Crippen LogP contribution in [-0.2, 0) is 11.3 Å². The van der Waals surface area contributed by atoms with E-state index in [0.29, 0.717) is 5.92 Å². The zero-order chi connectivity index (χ0) is 19.5. The van der Waals surface area contributed by atoms with Gasteiger partial charge in [-0.25, -0.2) is 0 Å². The molecule has 1 aromatic carbocycles. The van der Waals surface area contributed by atoms with Gasteiger partial charge in [0.1, 0.15) is 5.75 Å². The Labute approximate surface area is 187 Å². The van der Waals surface area contributed by atoms with Crippen LogP contribution in [0, 0.1) is 5.92 Å². The van der Waals surface area contributed by atoms with Crippen LogP contribution in [0.15, 0.2) is 29.3 Å². The van der Waals surface area contributed by atoms with Crippen LogP contribution >= 0.6 is 24.0 Å². The summed E-state index contributed by atoms with van der Waals surface area (Å²) in [4.78, 5) is 9.59. The summed E-state index contributed by atoms with van der Waals surface area (Å²) < 4.78 is 10.7. The number of benzene rings is 1. The topological polar surface area (TPSA) is 49.3 Å². The zero-order valence-corrected chi connectivity index (χ0v) is 20.1. The summed E-state index contributed by atoms with van der Waals surface area (Å²) in [5.41, 5.74) is 1.17. The Morgan fingerprint density at radius 1 is 1.25 bits per heavy atom. The molecule has 0 saturated carbocycles. The van der Waals surface area contributed by atoms with Gasteiger partial charge in [0, 0.05) is 45.9 Å². The lowest BCUT2D eigenvalue weighted by atomic mass is 9.97. The van der Waals surface area contributed by atoms with E-state index in [4.69, 9.17) is 14.5 Å². The van der Waals surface area contributed by atoms with E-state index in [9.17, 15) is 0 Å². The molecule has 0 atom stereocenters. The number of aliphatic imine (C=N–C) groups is 1. The Hall–Kier alpha value is -1.06. The van der Waals surface area contributed by atoms with Crippen molar-refractivity contribution in [1.29, 1.82) is 0 Å². The summed E-state index contributed by atoms with van der Waals surface area (Å²) in [6.45, 7) is 8.79. The van der Waals surface area contributed by atoms with Crippen LogP contribution in [-0.4, -0.2) is 76.4 Å². The first kappa shape index (κ1) is 25.0. The van der Waals surface area contributed by atoms with Crippen molar-refractivity contribution in [3.63, 3.8) is 0 Å². The molecule has 0 unspecified atom stereocenters. The summed E-state index contributed by atoms with van der Waals surface area (Å²) in [6, 6.07) is 8.16. The lowest BCUT2D eigenvalue weighted by Crippen LogP contribution is -2.40. The van der Waals surface area contributed by atoms with Gasteiger partial charge in [0.2, 0.25) is 0 Å². The smallest absolute Gasteiger partial charge is 0.193 e. The number of hydrogen-bond acceptors (Lipinski definition) is 4. The third kappa shape index (κ3) is 8.13. The average Bonchev–Trinajstić information content (AvgIpc) is 2.70. The number of ether oxygens (including phenoxy) is 2. The Balaban J connectivity index is 0.00000392. The molecular weight excluding hydrogens is 467 g/mol. The molecule has 1 saturated heterocycles. The van der Waals surface area contributed by atoms with E-state index in [2.05, 4.69) is 35.2 Å². The number of piperidine rings is 1. The van der Waals surface area contributed by atoms with Crippen LogP contribution in [0.5, 0.6) is 5.75 Å². The van der Waals surface area contributed by atoms with Crippen molar-refractivity contribution in [2.75, 3.05) is 60.6 Å². The molecule has 1 heterocycles. The molecule has 0 aliphatic carbocycles. The van der Waals surface area contributed by atoms with E-state index < -0.39 is 0 Å². The standard InChI is InChI=1S/C21H36N4O2.HI/c1-5-22-21(24(2)17-19-8-6-7-9-20(19)27-4)23-16-18-10-12-25(13-11-18)14-15-26-3;/h6-9,18H,5,10-17H2,1-4H3,(H,22,23);1H. The quantitative estimate of drug-likeness (QED) is 0.318. The fourth-order valence-electron chi connectivity index (χ4n) is 3.46. The van der Waals surface area contributed by atoms with Crippen LogP contribution in [0.2, 0.25) is 0 Å². The van der Waals surface area contributed by atoms with Gasteiger partial charge in [-0.2, -0.15) is 0 Å².